The second-order valence-corrected chi connectivity index (χ2v) is 2.94. The van der Waals surface area contributed by atoms with Crippen molar-refractivity contribution in [1.29, 1.82) is 0 Å². The predicted octanol–water partition coefficient (Wildman–Crippen LogP) is 2.53. The van der Waals surface area contributed by atoms with Crippen LogP contribution in [0.15, 0.2) is 30.3 Å². The molecule has 1 aromatic carbocycles. The molecule has 1 atom stereocenters. The number of esters is 1. The zero-order valence-corrected chi connectivity index (χ0v) is 8.73. The van der Waals surface area contributed by atoms with Crippen LogP contribution in [0.4, 0.5) is 8.78 Å². The Balaban J connectivity index is 2.83. The smallest absolute Gasteiger partial charge is 0.346 e. The lowest BCUT2D eigenvalue weighted by molar-refractivity contribution is -0.192. The Labute approximate surface area is 92.0 Å². The summed E-state index contributed by atoms with van der Waals surface area (Å²) >= 11 is 0. The first-order valence-corrected chi connectivity index (χ1v) is 4.80. The normalized spacial score (nSPS) is 12.5. The molecule has 0 heterocycles. The van der Waals surface area contributed by atoms with E-state index in [0.717, 1.165) is 0 Å². The van der Waals surface area contributed by atoms with Crippen molar-refractivity contribution >= 4 is 5.97 Å². The number of ether oxygens (including phenoxy) is 2. The van der Waals surface area contributed by atoms with Crippen molar-refractivity contribution in [3.63, 3.8) is 0 Å². The molecular formula is C11H12F2O3. The fraction of sp³-hybridized carbons (Fsp3) is 0.364. The van der Waals surface area contributed by atoms with Gasteiger partial charge in [0.15, 0.2) is 6.10 Å². The van der Waals surface area contributed by atoms with Crippen molar-refractivity contribution in [3.8, 4) is 0 Å². The predicted molar refractivity (Wildman–Crippen MR) is 52.9 cm³/mol. The van der Waals surface area contributed by atoms with Gasteiger partial charge in [0.25, 0.3) is 0 Å². The van der Waals surface area contributed by atoms with Crippen LogP contribution in [0.5, 0.6) is 0 Å². The van der Waals surface area contributed by atoms with Crippen molar-refractivity contribution in [3.05, 3.63) is 35.9 Å². The lowest BCUT2D eigenvalue weighted by Gasteiger charge is -2.15. The van der Waals surface area contributed by atoms with Gasteiger partial charge in [-0.15, -0.1) is 0 Å². The van der Waals surface area contributed by atoms with E-state index in [9.17, 15) is 13.6 Å². The lowest BCUT2D eigenvalue weighted by Crippen LogP contribution is -2.21. The van der Waals surface area contributed by atoms with Crippen molar-refractivity contribution < 1.29 is 23.0 Å². The first-order valence-electron chi connectivity index (χ1n) is 4.80. The first-order chi connectivity index (χ1) is 7.65. The molecular weight excluding hydrogens is 218 g/mol. The molecule has 0 aliphatic rings. The fourth-order valence-corrected chi connectivity index (χ4v) is 1.22. The molecule has 1 rings (SSSR count). The molecule has 0 aliphatic carbocycles. The van der Waals surface area contributed by atoms with Gasteiger partial charge < -0.3 is 9.47 Å². The number of rotatable bonds is 5. The van der Waals surface area contributed by atoms with E-state index in [1.807, 2.05) is 0 Å². The highest BCUT2D eigenvalue weighted by Crippen LogP contribution is 2.21. The summed E-state index contributed by atoms with van der Waals surface area (Å²) in [6.45, 7) is -1.30. The van der Waals surface area contributed by atoms with Gasteiger partial charge in [0, 0.05) is 0 Å². The Kier molecular flexibility index (Phi) is 4.85. The fourth-order valence-electron chi connectivity index (χ4n) is 1.22. The molecule has 0 fully saturated rings. The van der Waals surface area contributed by atoms with E-state index in [4.69, 9.17) is 0 Å². The molecule has 0 amide bonds. The number of halogens is 2. The molecule has 88 valence electrons. The zero-order valence-electron chi connectivity index (χ0n) is 8.73. The number of alkyl halides is 2. The Morgan fingerprint density at radius 1 is 1.31 bits per heavy atom. The van der Waals surface area contributed by atoms with Gasteiger partial charge in [-0.25, -0.2) is 4.79 Å². The Morgan fingerprint density at radius 2 is 1.94 bits per heavy atom. The summed E-state index contributed by atoms with van der Waals surface area (Å²) in [5.74, 6) is -0.811. The maximum Gasteiger partial charge on any atom is 0.346 e. The molecule has 1 unspecified atom stereocenters. The molecule has 0 aliphatic heterocycles. The summed E-state index contributed by atoms with van der Waals surface area (Å²) in [7, 11) is 0. The summed E-state index contributed by atoms with van der Waals surface area (Å²) in [5, 5.41) is 0. The number of hydrogen-bond donors (Lipinski definition) is 0. The van der Waals surface area contributed by atoms with Crippen LogP contribution >= 0.6 is 0 Å². The summed E-state index contributed by atoms with van der Waals surface area (Å²) in [5.41, 5.74) is 0.348. The van der Waals surface area contributed by atoms with Gasteiger partial charge in [-0.2, -0.15) is 8.78 Å². The van der Waals surface area contributed by atoms with Gasteiger partial charge in [-0.05, 0) is 12.5 Å². The molecule has 16 heavy (non-hydrogen) atoms. The molecule has 1 aromatic rings. The standard InChI is InChI=1S/C11H12F2O3/c1-2-15-10(14)9(16-11(12)13)8-6-4-3-5-7-8/h3-7,9,11H,2H2,1H3. The summed E-state index contributed by atoms with van der Waals surface area (Å²) in [4.78, 5) is 11.4. The molecule has 0 spiro atoms. The second kappa shape index (κ2) is 6.17. The molecule has 3 nitrogen and oxygen atoms in total. The third-order valence-corrected chi connectivity index (χ3v) is 1.84. The van der Waals surface area contributed by atoms with E-state index < -0.39 is 18.7 Å². The van der Waals surface area contributed by atoms with Crippen LogP contribution in [0.1, 0.15) is 18.6 Å². The van der Waals surface area contributed by atoms with Crippen molar-refractivity contribution in [2.24, 2.45) is 0 Å². The number of hydrogen-bond acceptors (Lipinski definition) is 3. The maximum atomic E-state index is 12.1. The first kappa shape index (κ1) is 12.6. The Hall–Kier alpha value is -1.49. The van der Waals surface area contributed by atoms with E-state index in [2.05, 4.69) is 9.47 Å². The third kappa shape index (κ3) is 3.58. The van der Waals surface area contributed by atoms with Gasteiger partial charge in [-0.3, -0.25) is 0 Å². The summed E-state index contributed by atoms with van der Waals surface area (Å²) < 4.78 is 33.2. The topological polar surface area (TPSA) is 35.5 Å². The van der Waals surface area contributed by atoms with Gasteiger partial charge in [0.2, 0.25) is 0 Å². The number of benzene rings is 1. The van der Waals surface area contributed by atoms with E-state index >= 15 is 0 Å². The highest BCUT2D eigenvalue weighted by molar-refractivity contribution is 5.76. The average Bonchev–Trinajstić information content (AvgIpc) is 2.27. The van der Waals surface area contributed by atoms with Gasteiger partial charge in [-0.1, -0.05) is 30.3 Å². The summed E-state index contributed by atoms with van der Waals surface area (Å²) in [6, 6.07) is 8.05. The summed E-state index contributed by atoms with van der Waals surface area (Å²) in [6.07, 6.45) is -1.37. The van der Waals surface area contributed by atoms with Crippen LogP contribution in [-0.4, -0.2) is 19.2 Å². The Morgan fingerprint density at radius 3 is 2.44 bits per heavy atom. The van der Waals surface area contributed by atoms with Crippen molar-refractivity contribution in [1.82, 2.24) is 0 Å². The van der Waals surface area contributed by atoms with Gasteiger partial charge in [0.05, 0.1) is 6.61 Å². The van der Waals surface area contributed by atoms with Crippen LogP contribution < -0.4 is 0 Å². The monoisotopic (exact) mass is 230 g/mol. The zero-order chi connectivity index (χ0) is 12.0. The largest absolute Gasteiger partial charge is 0.464 e. The SMILES string of the molecule is CCOC(=O)C(OC(F)F)c1ccccc1. The molecule has 5 heteroatoms. The van der Waals surface area contributed by atoms with E-state index in [1.165, 1.54) is 12.1 Å². The average molecular weight is 230 g/mol. The molecule has 0 saturated heterocycles. The lowest BCUT2D eigenvalue weighted by atomic mass is 10.1. The number of carbonyl (C=O) groups is 1. The molecule has 0 bridgehead atoms. The molecule has 0 N–H and O–H groups in total. The van der Waals surface area contributed by atoms with E-state index in [-0.39, 0.29) is 6.61 Å². The van der Waals surface area contributed by atoms with Crippen LogP contribution in [0, 0.1) is 0 Å². The molecule has 0 aromatic heterocycles. The van der Waals surface area contributed by atoms with Gasteiger partial charge >= 0.3 is 12.6 Å². The molecule has 0 radical (unpaired) electrons. The minimum Gasteiger partial charge on any atom is -0.464 e. The minimum atomic E-state index is -3.02. The van der Waals surface area contributed by atoms with E-state index in [1.54, 1.807) is 25.1 Å². The van der Waals surface area contributed by atoms with Crippen LogP contribution in [-0.2, 0) is 14.3 Å². The Bertz CT molecular complexity index is 327. The van der Waals surface area contributed by atoms with E-state index in [0.29, 0.717) is 5.56 Å². The van der Waals surface area contributed by atoms with Crippen molar-refractivity contribution in [2.45, 2.75) is 19.6 Å². The minimum absolute atomic E-state index is 0.120. The van der Waals surface area contributed by atoms with Crippen LogP contribution in [0.25, 0.3) is 0 Å². The number of carbonyl (C=O) groups excluding carboxylic acids is 1. The highest BCUT2D eigenvalue weighted by Gasteiger charge is 2.26. The second-order valence-electron chi connectivity index (χ2n) is 2.94. The quantitative estimate of drug-likeness (QED) is 0.729. The maximum absolute atomic E-state index is 12.1. The third-order valence-electron chi connectivity index (χ3n) is 1.84. The van der Waals surface area contributed by atoms with Crippen molar-refractivity contribution in [2.75, 3.05) is 6.61 Å². The van der Waals surface area contributed by atoms with Gasteiger partial charge in [0.1, 0.15) is 0 Å². The highest BCUT2D eigenvalue weighted by atomic mass is 19.3. The molecule has 0 saturated carbocycles. The van der Waals surface area contributed by atoms with Crippen LogP contribution in [0.3, 0.4) is 0 Å². The van der Waals surface area contributed by atoms with Crippen LogP contribution in [0.2, 0.25) is 0 Å².